The number of piperazine rings is 1. The Morgan fingerprint density at radius 3 is 2.68 bits per heavy atom. The average Bonchev–Trinajstić information content (AvgIpc) is 2.67. The van der Waals surface area contributed by atoms with Crippen LogP contribution in [0.3, 0.4) is 0 Å². The van der Waals surface area contributed by atoms with E-state index >= 15 is 0 Å². The number of nitrogens with zero attached hydrogens (tertiary/aromatic N) is 2. The van der Waals surface area contributed by atoms with Crippen LogP contribution in [-0.4, -0.2) is 64.8 Å². The normalized spacial score (nSPS) is 26.8. The third-order valence-electron chi connectivity index (χ3n) is 4.95. The quantitative estimate of drug-likeness (QED) is 0.521. The Bertz CT molecular complexity index is 576. The molecule has 3 aliphatic rings. The molecule has 3 nitrogen and oxygen atoms in total. The van der Waals surface area contributed by atoms with Gasteiger partial charge in [0, 0.05) is 50.1 Å². The molecule has 1 amide bonds. The van der Waals surface area contributed by atoms with Gasteiger partial charge in [-0.25, -0.2) is 0 Å². The van der Waals surface area contributed by atoms with Crippen molar-refractivity contribution in [3.63, 3.8) is 0 Å². The lowest BCUT2D eigenvalue weighted by Crippen LogP contribution is -2.51. The second-order valence-electron chi connectivity index (χ2n) is 6.73. The zero-order valence-electron chi connectivity index (χ0n) is 14.6. The minimum absolute atomic E-state index is 0.147. The minimum Gasteiger partial charge on any atom is -0.340 e. The van der Waals surface area contributed by atoms with E-state index in [1.807, 2.05) is 16.7 Å². The van der Waals surface area contributed by atoms with Crippen LogP contribution in [0.5, 0.6) is 0 Å². The molecule has 3 rings (SSSR count). The molecule has 1 aliphatic heterocycles. The fourth-order valence-corrected chi connectivity index (χ4v) is 4.47. The predicted octanol–water partition coefficient (Wildman–Crippen LogP) is 3.63. The Hall–Kier alpha value is -0.970. The van der Waals surface area contributed by atoms with Crippen LogP contribution >= 0.6 is 23.4 Å². The van der Waals surface area contributed by atoms with E-state index in [-0.39, 0.29) is 5.38 Å². The first-order chi connectivity index (χ1) is 12.2. The summed E-state index contributed by atoms with van der Waals surface area (Å²) in [5.41, 5.74) is 1.33. The van der Waals surface area contributed by atoms with Crippen LogP contribution in [-0.2, 0) is 4.79 Å². The van der Waals surface area contributed by atoms with Gasteiger partial charge in [0.15, 0.2) is 0 Å². The number of alkyl halides is 1. The number of carbonyl (C=O) groups excluding carboxylic acids is 1. The van der Waals surface area contributed by atoms with E-state index < -0.39 is 0 Å². The first-order valence-corrected chi connectivity index (χ1v) is 10.8. The van der Waals surface area contributed by atoms with Gasteiger partial charge in [-0.1, -0.05) is 42.5 Å². The number of allylic oxidation sites excluding steroid dienone is 5. The fourth-order valence-electron chi connectivity index (χ4n) is 3.39. The summed E-state index contributed by atoms with van der Waals surface area (Å²) in [6.45, 7) is 3.70. The standard InChI is InChI=1S/C20H27ClN2OS/c21-18-8-6-17(7-9-18)16-25-15-10-20(24)23-13-11-22(12-14-23)19-4-2-1-3-5-19/h1-4,6-8,18-19H,5,9-16H2. The van der Waals surface area contributed by atoms with Gasteiger partial charge >= 0.3 is 0 Å². The van der Waals surface area contributed by atoms with Gasteiger partial charge in [-0.05, 0) is 18.4 Å². The van der Waals surface area contributed by atoms with Gasteiger partial charge in [0.05, 0.1) is 5.38 Å². The Morgan fingerprint density at radius 1 is 1.16 bits per heavy atom. The van der Waals surface area contributed by atoms with Crippen molar-refractivity contribution in [1.29, 1.82) is 0 Å². The van der Waals surface area contributed by atoms with Crippen LogP contribution in [0.25, 0.3) is 0 Å². The molecular weight excluding hydrogens is 352 g/mol. The molecule has 0 saturated carbocycles. The molecule has 1 fully saturated rings. The fraction of sp³-hybridized carbons (Fsp3) is 0.550. The van der Waals surface area contributed by atoms with Crippen molar-refractivity contribution in [2.45, 2.75) is 30.7 Å². The number of hydrogen-bond donors (Lipinski definition) is 0. The van der Waals surface area contributed by atoms with Crippen molar-refractivity contribution >= 4 is 29.3 Å². The van der Waals surface area contributed by atoms with E-state index in [0.717, 1.165) is 50.5 Å². The summed E-state index contributed by atoms with van der Waals surface area (Å²) in [6.07, 6.45) is 17.8. The van der Waals surface area contributed by atoms with E-state index in [0.29, 0.717) is 18.4 Å². The highest BCUT2D eigenvalue weighted by molar-refractivity contribution is 7.99. The number of hydrogen-bond acceptors (Lipinski definition) is 3. The number of carbonyl (C=O) groups is 1. The van der Waals surface area contributed by atoms with Crippen LogP contribution in [0.4, 0.5) is 0 Å². The third kappa shape index (κ3) is 5.77. The van der Waals surface area contributed by atoms with E-state index in [1.54, 1.807) is 0 Å². The predicted molar refractivity (Wildman–Crippen MR) is 108 cm³/mol. The van der Waals surface area contributed by atoms with E-state index in [9.17, 15) is 4.79 Å². The lowest BCUT2D eigenvalue weighted by molar-refractivity contribution is -0.132. The first kappa shape index (κ1) is 18.8. The lowest BCUT2D eigenvalue weighted by Gasteiger charge is -2.38. The van der Waals surface area contributed by atoms with E-state index in [1.165, 1.54) is 5.57 Å². The summed E-state index contributed by atoms with van der Waals surface area (Å²) in [6, 6.07) is 0.516. The van der Waals surface area contributed by atoms with E-state index in [2.05, 4.69) is 47.4 Å². The molecule has 0 radical (unpaired) electrons. The van der Waals surface area contributed by atoms with Gasteiger partial charge in [-0.3, -0.25) is 9.69 Å². The van der Waals surface area contributed by atoms with Gasteiger partial charge in [0.1, 0.15) is 0 Å². The van der Waals surface area contributed by atoms with E-state index in [4.69, 9.17) is 11.6 Å². The van der Waals surface area contributed by atoms with Gasteiger partial charge in [-0.15, -0.1) is 11.6 Å². The first-order valence-electron chi connectivity index (χ1n) is 9.16. The molecule has 1 saturated heterocycles. The van der Waals surface area contributed by atoms with Crippen molar-refractivity contribution in [1.82, 2.24) is 9.80 Å². The molecule has 5 heteroatoms. The van der Waals surface area contributed by atoms with Gasteiger partial charge in [-0.2, -0.15) is 11.8 Å². The maximum Gasteiger partial charge on any atom is 0.223 e. The van der Waals surface area contributed by atoms with Crippen LogP contribution in [0.15, 0.2) is 48.1 Å². The summed E-state index contributed by atoms with van der Waals surface area (Å²) < 4.78 is 0. The molecule has 0 spiro atoms. The number of rotatable bonds is 6. The Kier molecular flexibility index (Phi) is 7.26. The average molecular weight is 379 g/mol. The maximum atomic E-state index is 12.4. The molecule has 1 heterocycles. The summed E-state index contributed by atoms with van der Waals surface area (Å²) in [7, 11) is 0. The van der Waals surface area contributed by atoms with Crippen molar-refractivity contribution in [2.24, 2.45) is 0 Å². The molecular formula is C20H27ClN2OS. The summed E-state index contributed by atoms with van der Waals surface area (Å²) in [5, 5.41) is 0.147. The van der Waals surface area contributed by atoms with Gasteiger partial charge < -0.3 is 4.90 Å². The van der Waals surface area contributed by atoms with Crippen LogP contribution < -0.4 is 0 Å². The largest absolute Gasteiger partial charge is 0.340 e. The minimum atomic E-state index is 0.147. The highest BCUT2D eigenvalue weighted by atomic mass is 35.5. The second kappa shape index (κ2) is 9.65. The molecule has 0 bridgehead atoms. The lowest BCUT2D eigenvalue weighted by atomic mass is 10.1. The smallest absolute Gasteiger partial charge is 0.223 e. The topological polar surface area (TPSA) is 23.6 Å². The highest BCUT2D eigenvalue weighted by Gasteiger charge is 2.24. The summed E-state index contributed by atoms with van der Waals surface area (Å²) in [4.78, 5) is 16.9. The third-order valence-corrected chi connectivity index (χ3v) is 6.30. The van der Waals surface area contributed by atoms with Crippen molar-refractivity contribution < 1.29 is 4.79 Å². The van der Waals surface area contributed by atoms with Crippen molar-refractivity contribution in [3.05, 3.63) is 48.1 Å². The monoisotopic (exact) mass is 378 g/mol. The molecule has 0 aromatic carbocycles. The highest BCUT2D eigenvalue weighted by Crippen LogP contribution is 2.19. The molecule has 0 aromatic heterocycles. The number of thioether (sulfide) groups is 1. The molecule has 25 heavy (non-hydrogen) atoms. The molecule has 2 atom stereocenters. The molecule has 0 aromatic rings. The SMILES string of the molecule is O=C(CCSCC1=CCC(Cl)C=C1)N1CCN(C2C=CC=CC2)CC1. The number of amides is 1. The molecule has 2 unspecified atom stereocenters. The molecule has 0 N–H and O–H groups in total. The van der Waals surface area contributed by atoms with Crippen LogP contribution in [0.2, 0.25) is 0 Å². The number of halogens is 1. The van der Waals surface area contributed by atoms with Crippen LogP contribution in [0.1, 0.15) is 19.3 Å². The Balaban J connectivity index is 1.31. The summed E-state index contributed by atoms with van der Waals surface area (Å²) in [5.74, 6) is 2.17. The Morgan fingerprint density at radius 2 is 2.00 bits per heavy atom. The maximum absolute atomic E-state index is 12.4. The zero-order chi connectivity index (χ0) is 17.5. The van der Waals surface area contributed by atoms with Gasteiger partial charge in [0.25, 0.3) is 0 Å². The second-order valence-corrected chi connectivity index (χ2v) is 8.39. The van der Waals surface area contributed by atoms with Crippen LogP contribution in [0, 0.1) is 0 Å². The van der Waals surface area contributed by atoms with Crippen molar-refractivity contribution in [2.75, 3.05) is 37.7 Å². The molecule has 136 valence electrons. The summed E-state index contributed by atoms with van der Waals surface area (Å²) >= 11 is 7.87. The van der Waals surface area contributed by atoms with Gasteiger partial charge in [0.2, 0.25) is 5.91 Å². The van der Waals surface area contributed by atoms with Crippen molar-refractivity contribution in [3.8, 4) is 0 Å². The molecule has 2 aliphatic carbocycles. The Labute approximate surface area is 160 Å². The zero-order valence-corrected chi connectivity index (χ0v) is 16.2.